The number of halogens is 1. The van der Waals surface area contributed by atoms with Gasteiger partial charge in [-0.2, -0.15) is 0 Å². The van der Waals surface area contributed by atoms with Crippen molar-refractivity contribution >= 4 is 0 Å². The third-order valence-electron chi connectivity index (χ3n) is 3.78. The fourth-order valence-corrected chi connectivity index (χ4v) is 2.27. The predicted molar refractivity (Wildman–Crippen MR) is 133 cm³/mol. The van der Waals surface area contributed by atoms with Gasteiger partial charge in [-0.1, -0.05) is 77.7 Å². The smallest absolute Gasteiger partial charge is 0.0759 e. The average molecular weight is 405 g/mol. The van der Waals surface area contributed by atoms with Crippen molar-refractivity contribution in [2.75, 3.05) is 13.6 Å². The maximum Gasteiger partial charge on any atom is 0.0759 e. The van der Waals surface area contributed by atoms with Crippen LogP contribution >= 0.6 is 0 Å². The van der Waals surface area contributed by atoms with E-state index in [1.165, 1.54) is 6.42 Å². The van der Waals surface area contributed by atoms with Crippen molar-refractivity contribution in [2.45, 2.75) is 68.7 Å². The highest BCUT2D eigenvalue weighted by Gasteiger charge is 2.15. The molecule has 0 heterocycles. The zero-order valence-corrected chi connectivity index (χ0v) is 20.6. The van der Waals surface area contributed by atoms with Gasteiger partial charge in [-0.25, -0.2) is 5.54 Å². The Balaban J connectivity index is -0.00000123. The fraction of sp³-hybridized carbons (Fsp3) is 0.462. The summed E-state index contributed by atoms with van der Waals surface area (Å²) in [6.45, 7) is 26.6. The van der Waals surface area contributed by atoms with Crippen molar-refractivity contribution in [3.8, 4) is 0 Å². The van der Waals surface area contributed by atoms with E-state index in [2.05, 4.69) is 32.3 Å². The molecular formula is C26H45FN2. The van der Waals surface area contributed by atoms with Crippen LogP contribution in [-0.4, -0.2) is 13.6 Å². The molecule has 0 radical (unpaired) electrons. The van der Waals surface area contributed by atoms with Crippen LogP contribution in [0.15, 0.2) is 82.7 Å². The molecule has 0 aliphatic rings. The van der Waals surface area contributed by atoms with Crippen molar-refractivity contribution in [3.63, 3.8) is 0 Å². The van der Waals surface area contributed by atoms with Gasteiger partial charge in [-0.05, 0) is 69.5 Å². The van der Waals surface area contributed by atoms with Crippen LogP contribution in [0, 0.1) is 0 Å². The van der Waals surface area contributed by atoms with E-state index in [0.29, 0.717) is 11.3 Å². The largest absolute Gasteiger partial charge is 0.316 e. The Morgan fingerprint density at radius 2 is 1.48 bits per heavy atom. The second-order valence-corrected chi connectivity index (χ2v) is 6.31. The maximum absolute atomic E-state index is 13.5. The Kier molecular flexibility index (Phi) is 22.4. The van der Waals surface area contributed by atoms with E-state index in [-0.39, 0.29) is 0 Å². The monoisotopic (exact) mass is 404 g/mol. The van der Waals surface area contributed by atoms with Crippen molar-refractivity contribution < 1.29 is 4.48 Å². The van der Waals surface area contributed by atoms with Crippen LogP contribution in [0.3, 0.4) is 0 Å². The maximum atomic E-state index is 13.5. The SMILES string of the molecule is C=C(C)/C(NF)=C(C(\C=C/CNC)=C\C)/C(C)=C(\C)C(=C)/C=C\C.CC.CCC. The average Bonchev–Trinajstić information content (AvgIpc) is 2.71. The molecule has 0 aromatic heterocycles. The minimum Gasteiger partial charge on any atom is -0.316 e. The first-order valence-corrected chi connectivity index (χ1v) is 10.5. The molecule has 0 rings (SSSR count). The summed E-state index contributed by atoms with van der Waals surface area (Å²) in [6, 6.07) is 0. The first kappa shape index (κ1) is 31.6. The van der Waals surface area contributed by atoms with Gasteiger partial charge in [0.2, 0.25) is 0 Å². The van der Waals surface area contributed by atoms with Crippen molar-refractivity contribution in [3.05, 3.63) is 82.7 Å². The van der Waals surface area contributed by atoms with Gasteiger partial charge in [0.05, 0.1) is 5.70 Å². The zero-order chi connectivity index (χ0) is 23.4. The molecule has 0 aliphatic heterocycles. The molecule has 0 aromatic carbocycles. The van der Waals surface area contributed by atoms with Crippen molar-refractivity contribution in [1.82, 2.24) is 10.9 Å². The molecule has 0 saturated heterocycles. The molecular weight excluding hydrogens is 359 g/mol. The van der Waals surface area contributed by atoms with Gasteiger partial charge >= 0.3 is 0 Å². The van der Waals surface area contributed by atoms with E-state index >= 15 is 0 Å². The summed E-state index contributed by atoms with van der Waals surface area (Å²) in [6.07, 6.45) is 11.1. The van der Waals surface area contributed by atoms with Gasteiger partial charge in [-0.3, -0.25) is 0 Å². The quantitative estimate of drug-likeness (QED) is 0.301. The Morgan fingerprint density at radius 3 is 1.83 bits per heavy atom. The summed E-state index contributed by atoms with van der Waals surface area (Å²) in [7, 11) is 1.88. The van der Waals surface area contributed by atoms with Crippen molar-refractivity contribution in [1.29, 1.82) is 0 Å². The molecule has 0 unspecified atom stereocenters. The lowest BCUT2D eigenvalue weighted by atomic mass is 9.89. The number of likely N-dealkylation sites (N-methyl/N-ethyl adjacent to an activating group) is 1. The van der Waals surface area contributed by atoms with Gasteiger partial charge in [-0.15, -0.1) is 4.48 Å². The number of hydrogen-bond acceptors (Lipinski definition) is 2. The lowest BCUT2D eigenvalue weighted by Gasteiger charge is -2.18. The zero-order valence-electron chi connectivity index (χ0n) is 20.6. The summed E-state index contributed by atoms with van der Waals surface area (Å²) in [5, 5.41) is 3.07. The Labute approximate surface area is 180 Å². The van der Waals surface area contributed by atoms with E-state index in [0.717, 1.165) is 34.4 Å². The standard InChI is InChI=1S/C21H31FN2.C3H8.C2H6/c1-9-12-16(5)17(6)18(7)20(21(24-22)15(3)4)19(10-2)13-11-14-23-8;1-3-2;1-2/h9-13,23-24H,3,5,14H2,1-2,4,6-8H3;3H2,1-2H3;1-2H3/b12-9-,13-11-,18-17+,19-10+,21-20+;;. The number of rotatable bonds is 9. The highest BCUT2D eigenvalue weighted by atomic mass is 19.2. The molecule has 0 spiro atoms. The summed E-state index contributed by atoms with van der Waals surface area (Å²) in [5.41, 5.74) is 7.45. The van der Waals surface area contributed by atoms with Gasteiger partial charge in [0.1, 0.15) is 0 Å². The van der Waals surface area contributed by atoms with Crippen LogP contribution in [0.5, 0.6) is 0 Å². The van der Waals surface area contributed by atoms with Crippen molar-refractivity contribution in [2.24, 2.45) is 0 Å². The van der Waals surface area contributed by atoms with E-state index in [1.807, 2.05) is 84.5 Å². The Morgan fingerprint density at radius 1 is 0.966 bits per heavy atom. The molecule has 0 aliphatic carbocycles. The molecule has 3 heteroatoms. The summed E-state index contributed by atoms with van der Waals surface area (Å²) < 4.78 is 13.5. The van der Waals surface area contributed by atoms with E-state index < -0.39 is 0 Å². The minimum atomic E-state index is 0.391. The number of hydrogen-bond donors (Lipinski definition) is 2. The Bertz CT molecular complexity index is 629. The summed E-state index contributed by atoms with van der Waals surface area (Å²) in [5.74, 6) is 0. The Hall–Kier alpha value is -2.13. The molecule has 0 fully saturated rings. The van der Waals surface area contributed by atoms with Gasteiger partial charge in [0, 0.05) is 12.1 Å². The van der Waals surface area contributed by atoms with Crippen LogP contribution in [0.25, 0.3) is 0 Å². The molecule has 2 N–H and O–H groups in total. The van der Waals surface area contributed by atoms with Crippen LogP contribution in [0.1, 0.15) is 68.7 Å². The third-order valence-corrected chi connectivity index (χ3v) is 3.78. The van der Waals surface area contributed by atoms with Gasteiger partial charge in [0.25, 0.3) is 0 Å². The molecule has 166 valence electrons. The topological polar surface area (TPSA) is 24.1 Å². The molecule has 0 saturated carbocycles. The third kappa shape index (κ3) is 12.8. The van der Waals surface area contributed by atoms with Gasteiger partial charge < -0.3 is 5.32 Å². The van der Waals surface area contributed by atoms with Gasteiger partial charge in [0.15, 0.2) is 0 Å². The molecule has 0 amide bonds. The lowest BCUT2D eigenvalue weighted by molar-refractivity contribution is 0.388. The number of allylic oxidation sites excluding steroid dienone is 10. The second kappa shape index (κ2) is 20.6. The predicted octanol–water partition coefficient (Wildman–Crippen LogP) is 7.92. The molecule has 0 bridgehead atoms. The van der Waals surface area contributed by atoms with Crippen LogP contribution in [0.2, 0.25) is 0 Å². The highest BCUT2D eigenvalue weighted by molar-refractivity contribution is 5.60. The van der Waals surface area contributed by atoms with Crippen LogP contribution < -0.4 is 10.9 Å². The first-order chi connectivity index (χ1) is 13.8. The second-order valence-electron chi connectivity index (χ2n) is 6.31. The first-order valence-electron chi connectivity index (χ1n) is 10.5. The number of nitrogens with one attached hydrogen (secondary N) is 2. The van der Waals surface area contributed by atoms with E-state index in [4.69, 9.17) is 0 Å². The fourth-order valence-electron chi connectivity index (χ4n) is 2.27. The molecule has 0 atom stereocenters. The van der Waals surface area contributed by atoms with E-state index in [9.17, 15) is 4.48 Å². The van der Waals surface area contributed by atoms with E-state index in [1.54, 1.807) is 6.92 Å². The van der Waals surface area contributed by atoms with Crippen LogP contribution in [-0.2, 0) is 0 Å². The highest BCUT2D eigenvalue weighted by Crippen LogP contribution is 2.30. The minimum absolute atomic E-state index is 0.391. The lowest BCUT2D eigenvalue weighted by Crippen LogP contribution is -2.10. The van der Waals surface area contributed by atoms with Crippen LogP contribution in [0.4, 0.5) is 4.48 Å². The molecule has 0 aromatic rings. The molecule has 29 heavy (non-hydrogen) atoms. The summed E-state index contributed by atoms with van der Waals surface area (Å²) in [4.78, 5) is 0. The molecule has 2 nitrogen and oxygen atoms in total. The summed E-state index contributed by atoms with van der Waals surface area (Å²) >= 11 is 0. The normalized spacial score (nSPS) is 13.0.